The number of ether oxygens (including phenoxy) is 1. The van der Waals surface area contributed by atoms with E-state index in [2.05, 4.69) is 0 Å². The van der Waals surface area contributed by atoms with E-state index in [1.54, 1.807) is 13.8 Å². The van der Waals surface area contributed by atoms with E-state index in [1.807, 2.05) is 0 Å². The second-order valence-corrected chi connectivity index (χ2v) is 10.1. The first-order chi connectivity index (χ1) is 14.8. The van der Waals surface area contributed by atoms with Crippen LogP contribution in [0, 0.1) is 12.7 Å². The van der Waals surface area contributed by atoms with Gasteiger partial charge in [0.15, 0.2) is 9.84 Å². The minimum atomic E-state index is -4.82. The van der Waals surface area contributed by atoms with E-state index in [0.717, 1.165) is 24.6 Å². The maximum atomic E-state index is 14.0. The molecule has 0 atom stereocenters. The molecule has 0 aliphatic carbocycles. The third-order valence-electron chi connectivity index (χ3n) is 4.73. The molecule has 11 heteroatoms. The first-order valence-corrected chi connectivity index (χ1v) is 12.1. The fourth-order valence-electron chi connectivity index (χ4n) is 3.25. The van der Waals surface area contributed by atoms with Crippen molar-refractivity contribution in [2.24, 2.45) is 0 Å². The topological polar surface area (TPSA) is 64.9 Å². The van der Waals surface area contributed by atoms with Gasteiger partial charge in [-0.2, -0.15) is 13.2 Å². The van der Waals surface area contributed by atoms with Crippen molar-refractivity contribution in [1.29, 1.82) is 0 Å². The standard InChI is InChI=1S/C21H19F4NO4S2/c1-4-30-19(27)10-15-12(2)20(26-11-13(22)5-7-17(15)26)31-18-8-6-14(32(3,28)29)9-16(18)21(23,24)25/h5-9,11H,4,10H2,1-3H3. The van der Waals surface area contributed by atoms with E-state index in [4.69, 9.17) is 4.74 Å². The predicted molar refractivity (Wildman–Crippen MR) is 111 cm³/mol. The molecular formula is C21H19F4NO4S2. The number of fused-ring (bicyclic) bond motifs is 1. The lowest BCUT2D eigenvalue weighted by Gasteiger charge is -2.14. The summed E-state index contributed by atoms with van der Waals surface area (Å²) >= 11 is 0.716. The summed E-state index contributed by atoms with van der Waals surface area (Å²) in [5, 5.41) is 0.274. The number of pyridine rings is 1. The van der Waals surface area contributed by atoms with Gasteiger partial charge >= 0.3 is 12.1 Å². The van der Waals surface area contributed by atoms with Crippen LogP contribution in [-0.4, -0.2) is 31.7 Å². The van der Waals surface area contributed by atoms with Crippen LogP contribution in [0.25, 0.3) is 5.52 Å². The highest BCUT2D eigenvalue weighted by Crippen LogP contribution is 2.43. The first-order valence-electron chi connectivity index (χ1n) is 9.36. The molecule has 0 N–H and O–H groups in total. The number of nitrogens with zero attached hydrogens (tertiary/aromatic N) is 1. The number of esters is 1. The summed E-state index contributed by atoms with van der Waals surface area (Å²) in [6, 6.07) is 5.40. The summed E-state index contributed by atoms with van der Waals surface area (Å²) in [4.78, 5) is 11.3. The molecule has 0 unspecified atom stereocenters. The SMILES string of the molecule is CCOC(=O)Cc1c(C)c(Sc2ccc(S(C)(=O)=O)cc2C(F)(F)F)n2cc(F)ccc12. The minimum absolute atomic E-state index is 0.130. The summed E-state index contributed by atoms with van der Waals surface area (Å²) in [6.45, 7) is 3.44. The Morgan fingerprint density at radius 2 is 1.88 bits per heavy atom. The summed E-state index contributed by atoms with van der Waals surface area (Å²) in [6.07, 6.45) is -3.00. The number of carbonyl (C=O) groups is 1. The van der Waals surface area contributed by atoms with Crippen LogP contribution in [0.1, 0.15) is 23.6 Å². The number of hydrogen-bond acceptors (Lipinski definition) is 5. The molecule has 3 rings (SSSR count). The van der Waals surface area contributed by atoms with Crippen LogP contribution in [0.5, 0.6) is 0 Å². The predicted octanol–water partition coefficient (Wildman–Crippen LogP) is 5.07. The molecule has 2 heterocycles. The van der Waals surface area contributed by atoms with Crippen molar-refractivity contribution in [3.63, 3.8) is 0 Å². The third kappa shape index (κ3) is 4.93. The molecule has 0 radical (unpaired) electrons. The zero-order chi connectivity index (χ0) is 23.8. The van der Waals surface area contributed by atoms with E-state index in [1.165, 1.54) is 16.5 Å². The van der Waals surface area contributed by atoms with Crippen LogP contribution >= 0.6 is 11.8 Å². The number of rotatable bonds is 6. The van der Waals surface area contributed by atoms with Gasteiger partial charge in [0, 0.05) is 17.3 Å². The maximum Gasteiger partial charge on any atom is 0.417 e. The smallest absolute Gasteiger partial charge is 0.417 e. The summed E-state index contributed by atoms with van der Waals surface area (Å²) < 4.78 is 85.0. The van der Waals surface area contributed by atoms with Crippen LogP contribution in [0.4, 0.5) is 17.6 Å². The first kappa shape index (κ1) is 24.1. The van der Waals surface area contributed by atoms with Gasteiger partial charge in [0.25, 0.3) is 0 Å². The lowest BCUT2D eigenvalue weighted by atomic mass is 10.1. The Labute approximate surface area is 186 Å². The van der Waals surface area contributed by atoms with Crippen LogP contribution in [0.15, 0.2) is 51.3 Å². The fraction of sp³-hybridized carbons (Fsp3) is 0.286. The molecule has 1 aromatic carbocycles. The zero-order valence-electron chi connectivity index (χ0n) is 17.3. The number of carbonyl (C=O) groups excluding carboxylic acids is 1. The molecule has 0 bridgehead atoms. The third-order valence-corrected chi connectivity index (χ3v) is 7.11. The average molecular weight is 490 g/mol. The quantitative estimate of drug-likeness (QED) is 0.358. The average Bonchev–Trinajstić information content (AvgIpc) is 2.92. The second kappa shape index (κ2) is 8.78. The number of halogens is 4. The number of hydrogen-bond donors (Lipinski definition) is 0. The van der Waals surface area contributed by atoms with Gasteiger partial charge in [0.05, 0.1) is 34.0 Å². The van der Waals surface area contributed by atoms with Gasteiger partial charge in [-0.25, -0.2) is 12.8 Å². The zero-order valence-corrected chi connectivity index (χ0v) is 18.9. The van der Waals surface area contributed by atoms with Gasteiger partial charge < -0.3 is 9.14 Å². The van der Waals surface area contributed by atoms with Gasteiger partial charge in [0.1, 0.15) is 5.82 Å². The molecule has 32 heavy (non-hydrogen) atoms. The van der Waals surface area contributed by atoms with Gasteiger partial charge in [-0.3, -0.25) is 4.79 Å². The van der Waals surface area contributed by atoms with E-state index in [-0.39, 0.29) is 22.9 Å². The largest absolute Gasteiger partial charge is 0.466 e. The van der Waals surface area contributed by atoms with Crippen molar-refractivity contribution in [1.82, 2.24) is 4.40 Å². The lowest BCUT2D eigenvalue weighted by molar-refractivity contribution is -0.142. The van der Waals surface area contributed by atoms with Crippen molar-refractivity contribution >= 4 is 33.1 Å². The van der Waals surface area contributed by atoms with Gasteiger partial charge in [0.2, 0.25) is 0 Å². The molecule has 0 aliphatic rings. The molecule has 0 amide bonds. The van der Waals surface area contributed by atoms with E-state index in [9.17, 15) is 30.8 Å². The highest BCUT2D eigenvalue weighted by molar-refractivity contribution is 7.99. The van der Waals surface area contributed by atoms with E-state index in [0.29, 0.717) is 34.5 Å². The van der Waals surface area contributed by atoms with Crippen LogP contribution in [0.3, 0.4) is 0 Å². The number of aromatic nitrogens is 1. The molecule has 0 fully saturated rings. The van der Waals surface area contributed by atoms with Gasteiger partial charge in [-0.15, -0.1) is 0 Å². The van der Waals surface area contributed by atoms with Crippen molar-refractivity contribution in [3.05, 3.63) is 59.0 Å². The Bertz CT molecular complexity index is 1300. The molecule has 5 nitrogen and oxygen atoms in total. The number of benzene rings is 1. The van der Waals surface area contributed by atoms with Crippen molar-refractivity contribution in [2.75, 3.05) is 12.9 Å². The van der Waals surface area contributed by atoms with Crippen molar-refractivity contribution < 1.29 is 35.5 Å². The minimum Gasteiger partial charge on any atom is -0.466 e. The molecule has 172 valence electrons. The highest BCUT2D eigenvalue weighted by atomic mass is 32.2. The highest BCUT2D eigenvalue weighted by Gasteiger charge is 2.35. The van der Waals surface area contributed by atoms with Gasteiger partial charge in [-0.1, -0.05) is 11.8 Å². The summed E-state index contributed by atoms with van der Waals surface area (Å²) in [7, 11) is -3.85. The van der Waals surface area contributed by atoms with Crippen LogP contribution in [0.2, 0.25) is 0 Å². The molecular weight excluding hydrogens is 470 g/mol. The molecule has 0 spiro atoms. The summed E-state index contributed by atoms with van der Waals surface area (Å²) in [5.74, 6) is -1.13. The van der Waals surface area contributed by atoms with Crippen molar-refractivity contribution in [2.45, 2.75) is 41.3 Å². The Morgan fingerprint density at radius 3 is 2.47 bits per heavy atom. The fourth-order valence-corrected chi connectivity index (χ4v) is 5.05. The maximum absolute atomic E-state index is 14.0. The van der Waals surface area contributed by atoms with Crippen molar-refractivity contribution in [3.8, 4) is 0 Å². The Balaban J connectivity index is 2.18. The summed E-state index contributed by atoms with van der Waals surface area (Å²) in [5.41, 5.74) is 0.338. The van der Waals surface area contributed by atoms with Gasteiger partial charge in [-0.05, 0) is 55.3 Å². The monoisotopic (exact) mass is 489 g/mol. The number of alkyl halides is 3. The Hall–Kier alpha value is -2.53. The number of sulfone groups is 1. The van der Waals surface area contributed by atoms with E-state index < -0.39 is 38.3 Å². The molecule has 0 saturated heterocycles. The Kier molecular flexibility index (Phi) is 6.62. The van der Waals surface area contributed by atoms with Crippen LogP contribution in [-0.2, 0) is 32.0 Å². The second-order valence-electron chi connectivity index (χ2n) is 7.02. The molecule has 3 aromatic rings. The Morgan fingerprint density at radius 1 is 1.19 bits per heavy atom. The normalized spacial score (nSPS) is 12.3. The van der Waals surface area contributed by atoms with Crippen LogP contribution < -0.4 is 0 Å². The molecule has 2 aromatic heterocycles. The van der Waals surface area contributed by atoms with E-state index >= 15 is 0 Å². The lowest BCUT2D eigenvalue weighted by Crippen LogP contribution is -2.09. The molecule has 0 saturated carbocycles. The molecule has 0 aliphatic heterocycles.